The number of nitrogens with one attached hydrogen (secondary N) is 2. The Kier molecular flexibility index (Phi) is 7.13. The van der Waals surface area contributed by atoms with Crippen LogP contribution < -0.4 is 10.6 Å². The lowest BCUT2D eigenvalue weighted by atomic mass is 10.1. The summed E-state index contributed by atoms with van der Waals surface area (Å²) in [5.41, 5.74) is 2.58. The molecule has 1 aliphatic heterocycles. The quantitative estimate of drug-likeness (QED) is 0.303. The lowest BCUT2D eigenvalue weighted by Crippen LogP contribution is -2.14. The van der Waals surface area contributed by atoms with Crippen molar-refractivity contribution in [2.75, 3.05) is 10.6 Å². The molecule has 11 nitrogen and oxygen atoms in total. The van der Waals surface area contributed by atoms with Crippen molar-refractivity contribution in [3.05, 3.63) is 77.4 Å². The molecule has 0 saturated carbocycles. The predicted octanol–water partition coefficient (Wildman–Crippen LogP) is 4.24. The summed E-state index contributed by atoms with van der Waals surface area (Å²) in [7, 11) is 0. The highest BCUT2D eigenvalue weighted by atomic mass is 35.5. The summed E-state index contributed by atoms with van der Waals surface area (Å²) in [6, 6.07) is 10.3. The Morgan fingerprint density at radius 1 is 1.14 bits per heavy atom. The molecule has 186 valence electrons. The first-order chi connectivity index (χ1) is 18.1. The molecular weight excluding hydrogens is 496 g/mol. The molecule has 12 heteroatoms. The van der Waals surface area contributed by atoms with Gasteiger partial charge in [0.15, 0.2) is 0 Å². The molecule has 0 atom stereocenters. The van der Waals surface area contributed by atoms with E-state index in [0.717, 1.165) is 6.42 Å². The maximum absolute atomic E-state index is 13.0. The summed E-state index contributed by atoms with van der Waals surface area (Å²) in [6.45, 7) is 0. The third kappa shape index (κ3) is 5.78. The average Bonchev–Trinajstić information content (AvgIpc) is 3.58. The van der Waals surface area contributed by atoms with Crippen molar-refractivity contribution in [1.82, 2.24) is 30.4 Å². The van der Waals surface area contributed by atoms with Crippen LogP contribution in [0.3, 0.4) is 0 Å². The zero-order valence-corrected chi connectivity index (χ0v) is 20.2. The number of halogens is 1. The van der Waals surface area contributed by atoms with Crippen molar-refractivity contribution in [3.63, 3.8) is 0 Å². The van der Waals surface area contributed by atoms with E-state index in [4.69, 9.17) is 16.0 Å². The Hall–Kier alpha value is -4.64. The number of hydrogen-bond acceptors (Lipinski definition) is 8. The molecule has 37 heavy (non-hydrogen) atoms. The van der Waals surface area contributed by atoms with E-state index in [9.17, 15) is 9.59 Å². The molecule has 2 aromatic heterocycles. The van der Waals surface area contributed by atoms with Crippen molar-refractivity contribution < 1.29 is 14.0 Å². The van der Waals surface area contributed by atoms with Gasteiger partial charge in [0.05, 0.1) is 22.6 Å². The number of aryl methyl sites for hydroxylation is 1. The first kappa shape index (κ1) is 24.1. The van der Waals surface area contributed by atoms with Crippen LogP contribution in [0.25, 0.3) is 23.2 Å². The van der Waals surface area contributed by atoms with Gasteiger partial charge >= 0.3 is 0 Å². The Balaban J connectivity index is 1.45. The van der Waals surface area contributed by atoms with Crippen molar-refractivity contribution >= 4 is 40.9 Å². The number of allylic oxidation sites excluding steroid dienone is 2. The number of rotatable bonds is 4. The highest BCUT2D eigenvalue weighted by Crippen LogP contribution is 2.35. The molecule has 2 bridgehead atoms. The van der Waals surface area contributed by atoms with Gasteiger partial charge in [0.25, 0.3) is 5.89 Å². The standard InChI is InChI=1S/C25H21ClN8O3/c26-17-11-12-20(34-15-27-32-33-34)16(14-17)10-13-22(36)29-19-7-5-6-18-24(19)25-31-30-23(37-25)9-4-2-1-3-8-21(35)28-18/h1-2,5-7,10-15H,3-4,8-9H2,(H,28,35)(H,29,36). The molecule has 2 N–H and O–H groups in total. The molecule has 2 aromatic carbocycles. The van der Waals surface area contributed by atoms with Gasteiger partial charge in [-0.2, -0.15) is 4.68 Å². The van der Waals surface area contributed by atoms with Crippen LogP contribution in [0, 0.1) is 0 Å². The lowest BCUT2D eigenvalue weighted by molar-refractivity contribution is -0.116. The minimum absolute atomic E-state index is 0.163. The predicted molar refractivity (Wildman–Crippen MR) is 137 cm³/mol. The fraction of sp³-hybridized carbons (Fsp3) is 0.160. The number of tetrazole rings is 1. The van der Waals surface area contributed by atoms with E-state index < -0.39 is 5.91 Å². The van der Waals surface area contributed by atoms with Gasteiger partial charge in [0.2, 0.25) is 17.7 Å². The Labute approximate surface area is 216 Å². The number of carbonyl (C=O) groups excluding carboxylic acids is 2. The molecule has 0 aliphatic carbocycles. The summed E-state index contributed by atoms with van der Waals surface area (Å²) < 4.78 is 7.34. The van der Waals surface area contributed by atoms with Gasteiger partial charge in [0, 0.05) is 29.5 Å². The number of aromatic nitrogens is 6. The molecule has 0 radical (unpaired) electrons. The molecule has 0 spiro atoms. The van der Waals surface area contributed by atoms with Crippen molar-refractivity contribution in [3.8, 4) is 17.1 Å². The SMILES string of the molecule is O=C(C=Cc1cc(Cl)ccc1-n1cnnn1)Nc1cccc2c1-c1nnc(o1)CCC=CCCC(=O)N2. The van der Waals surface area contributed by atoms with Crippen LogP contribution in [0.15, 0.2) is 65.4 Å². The van der Waals surface area contributed by atoms with Crippen LogP contribution in [-0.4, -0.2) is 42.2 Å². The second-order valence-electron chi connectivity index (χ2n) is 8.11. The van der Waals surface area contributed by atoms with E-state index >= 15 is 0 Å². The molecule has 0 fully saturated rings. The van der Waals surface area contributed by atoms with E-state index in [0.29, 0.717) is 58.4 Å². The smallest absolute Gasteiger partial charge is 0.251 e. The van der Waals surface area contributed by atoms with E-state index in [-0.39, 0.29) is 11.8 Å². The minimum atomic E-state index is -0.422. The van der Waals surface area contributed by atoms with Gasteiger partial charge in [0.1, 0.15) is 6.33 Å². The Morgan fingerprint density at radius 3 is 2.84 bits per heavy atom. The normalized spacial score (nSPS) is 13.8. The van der Waals surface area contributed by atoms with Crippen LogP contribution in [0.4, 0.5) is 11.4 Å². The fourth-order valence-electron chi connectivity index (χ4n) is 3.80. The van der Waals surface area contributed by atoms with E-state index in [1.165, 1.54) is 17.1 Å². The molecular formula is C25H21ClN8O3. The second kappa shape index (κ2) is 11.0. The number of carbonyl (C=O) groups is 2. The first-order valence-corrected chi connectivity index (χ1v) is 11.9. The van der Waals surface area contributed by atoms with E-state index in [1.54, 1.807) is 42.5 Å². The van der Waals surface area contributed by atoms with Crippen molar-refractivity contribution in [2.24, 2.45) is 0 Å². The van der Waals surface area contributed by atoms with Gasteiger partial charge in [-0.05, 0) is 59.7 Å². The third-order valence-corrected chi connectivity index (χ3v) is 5.74. The van der Waals surface area contributed by atoms with Crippen molar-refractivity contribution in [2.45, 2.75) is 25.7 Å². The molecule has 4 aromatic rings. The van der Waals surface area contributed by atoms with Crippen LogP contribution in [0.2, 0.25) is 5.02 Å². The van der Waals surface area contributed by atoms with Crippen LogP contribution >= 0.6 is 11.6 Å². The number of fused-ring (bicyclic) bond motifs is 4. The third-order valence-electron chi connectivity index (χ3n) is 5.51. The number of anilines is 2. The molecule has 1 aliphatic rings. The van der Waals surface area contributed by atoms with Crippen LogP contribution in [0.1, 0.15) is 30.7 Å². The van der Waals surface area contributed by atoms with E-state index in [2.05, 4.69) is 36.4 Å². The molecule has 5 rings (SSSR count). The molecule has 2 amide bonds. The maximum Gasteiger partial charge on any atom is 0.251 e. The zero-order valence-electron chi connectivity index (χ0n) is 19.5. The zero-order chi connectivity index (χ0) is 25.6. The van der Waals surface area contributed by atoms with Gasteiger partial charge in [-0.3, -0.25) is 9.59 Å². The summed E-state index contributed by atoms with van der Waals surface area (Å²) in [5, 5.41) is 25.7. The number of nitrogens with zero attached hydrogens (tertiary/aromatic N) is 6. The van der Waals surface area contributed by atoms with Gasteiger partial charge in [-0.1, -0.05) is 29.8 Å². The largest absolute Gasteiger partial charge is 0.421 e. The summed E-state index contributed by atoms with van der Waals surface area (Å²) in [5.74, 6) is 0.0797. The van der Waals surface area contributed by atoms with Crippen LogP contribution in [0.5, 0.6) is 0 Å². The summed E-state index contributed by atoms with van der Waals surface area (Å²) in [6.07, 6.45) is 10.6. The highest BCUT2D eigenvalue weighted by molar-refractivity contribution is 6.30. The lowest BCUT2D eigenvalue weighted by Gasteiger charge is -2.13. The van der Waals surface area contributed by atoms with Crippen molar-refractivity contribution in [1.29, 1.82) is 0 Å². The Bertz CT molecular complexity index is 1490. The fourth-order valence-corrected chi connectivity index (χ4v) is 3.98. The number of hydrogen-bond donors (Lipinski definition) is 2. The monoisotopic (exact) mass is 516 g/mol. The number of amides is 2. The highest BCUT2D eigenvalue weighted by Gasteiger charge is 2.20. The van der Waals surface area contributed by atoms with Gasteiger partial charge in [-0.25, -0.2) is 0 Å². The molecule has 0 unspecified atom stereocenters. The van der Waals surface area contributed by atoms with Crippen LogP contribution in [-0.2, 0) is 16.0 Å². The Morgan fingerprint density at radius 2 is 2.00 bits per heavy atom. The minimum Gasteiger partial charge on any atom is -0.421 e. The first-order valence-electron chi connectivity index (χ1n) is 11.5. The summed E-state index contributed by atoms with van der Waals surface area (Å²) in [4.78, 5) is 25.5. The second-order valence-corrected chi connectivity index (χ2v) is 8.54. The molecule has 3 heterocycles. The average molecular weight is 517 g/mol. The van der Waals surface area contributed by atoms with Gasteiger partial charge < -0.3 is 15.1 Å². The summed E-state index contributed by atoms with van der Waals surface area (Å²) >= 11 is 6.16. The van der Waals surface area contributed by atoms with E-state index in [1.807, 2.05) is 12.2 Å². The number of benzene rings is 2. The molecule has 0 saturated heterocycles. The maximum atomic E-state index is 13.0. The topological polar surface area (TPSA) is 141 Å². The van der Waals surface area contributed by atoms with Gasteiger partial charge in [-0.15, -0.1) is 15.3 Å².